The topological polar surface area (TPSA) is 71.6 Å². The largest absolute Gasteiger partial charge is 0.369 e. The molecule has 0 saturated carbocycles. The quantitative estimate of drug-likeness (QED) is 0.468. The summed E-state index contributed by atoms with van der Waals surface area (Å²) in [5.41, 5.74) is 4.00. The number of nitro groups is 1. The fraction of sp³-hybridized carbons (Fsp3) is 0.421. The zero-order chi connectivity index (χ0) is 18.8. The second kappa shape index (κ2) is 7.29. The number of benzene rings is 1. The lowest BCUT2D eigenvalue weighted by Gasteiger charge is -2.35. The van der Waals surface area contributed by atoms with Crippen LogP contribution in [-0.4, -0.2) is 52.9 Å². The van der Waals surface area contributed by atoms with Crippen LogP contribution in [0.1, 0.15) is 21.7 Å². The molecule has 1 saturated heterocycles. The number of nitro benzene ring substituents is 1. The van der Waals surface area contributed by atoms with Crippen molar-refractivity contribution in [3.8, 4) is 0 Å². The maximum atomic E-state index is 12.6. The predicted molar refractivity (Wildman–Crippen MR) is 101 cm³/mol. The first-order valence-corrected chi connectivity index (χ1v) is 8.74. The molecular formula is C19H24N4O3. The maximum absolute atomic E-state index is 12.6. The van der Waals surface area contributed by atoms with Crippen LogP contribution in [0.15, 0.2) is 30.3 Å². The van der Waals surface area contributed by atoms with E-state index in [1.807, 2.05) is 31.5 Å². The Kier molecular flexibility index (Phi) is 5.08. The first-order valence-electron chi connectivity index (χ1n) is 8.74. The van der Waals surface area contributed by atoms with E-state index in [1.54, 1.807) is 12.1 Å². The number of non-ortho nitro benzene ring substituents is 1. The molecule has 0 radical (unpaired) electrons. The number of hydrogen-bond acceptors (Lipinski definition) is 5. The third-order valence-corrected chi connectivity index (χ3v) is 5.24. The van der Waals surface area contributed by atoms with Gasteiger partial charge in [0.1, 0.15) is 0 Å². The van der Waals surface area contributed by atoms with E-state index in [0.29, 0.717) is 6.54 Å². The number of aryl methyl sites for hydroxylation is 1. The highest BCUT2D eigenvalue weighted by molar-refractivity contribution is 5.99. The summed E-state index contributed by atoms with van der Waals surface area (Å²) >= 11 is 0. The number of Topliss-reactive ketones (excluding diaryl/α,β-unsaturated/α-hetero) is 1. The van der Waals surface area contributed by atoms with E-state index in [1.165, 1.54) is 12.1 Å². The Labute approximate surface area is 153 Å². The highest BCUT2D eigenvalue weighted by Crippen LogP contribution is 2.21. The van der Waals surface area contributed by atoms with Gasteiger partial charge in [-0.3, -0.25) is 19.8 Å². The Morgan fingerprint density at radius 2 is 1.73 bits per heavy atom. The fourth-order valence-electron chi connectivity index (χ4n) is 3.38. The van der Waals surface area contributed by atoms with Crippen LogP contribution >= 0.6 is 0 Å². The van der Waals surface area contributed by atoms with Crippen LogP contribution in [0, 0.1) is 24.0 Å². The summed E-state index contributed by atoms with van der Waals surface area (Å²) in [6.45, 7) is 7.62. The molecular weight excluding hydrogens is 332 g/mol. The third-order valence-electron chi connectivity index (χ3n) is 5.24. The lowest BCUT2D eigenvalue weighted by atomic mass is 10.1. The lowest BCUT2D eigenvalue weighted by Crippen LogP contribution is -2.48. The molecule has 3 rings (SSSR count). The van der Waals surface area contributed by atoms with Crippen LogP contribution in [0.5, 0.6) is 0 Å². The standard InChI is InChI=1S/C19H24N4O3/c1-14-12-18(15(2)20(14)3)19(24)13-21-8-10-22(11-9-21)16-4-6-17(7-5-16)23(25)26/h4-7,12H,8-11,13H2,1-3H3. The van der Waals surface area contributed by atoms with Crippen molar-refractivity contribution >= 4 is 17.2 Å². The molecule has 0 bridgehead atoms. The van der Waals surface area contributed by atoms with E-state index >= 15 is 0 Å². The maximum Gasteiger partial charge on any atom is 0.269 e. The third kappa shape index (κ3) is 3.62. The molecule has 0 atom stereocenters. The van der Waals surface area contributed by atoms with Crippen LogP contribution in [0.3, 0.4) is 0 Å². The number of rotatable bonds is 5. The smallest absolute Gasteiger partial charge is 0.269 e. The summed E-state index contributed by atoms with van der Waals surface area (Å²) in [5.74, 6) is 0.162. The summed E-state index contributed by atoms with van der Waals surface area (Å²) < 4.78 is 2.04. The van der Waals surface area contributed by atoms with Crippen LogP contribution in [0.25, 0.3) is 0 Å². The van der Waals surface area contributed by atoms with Crippen molar-refractivity contribution in [1.82, 2.24) is 9.47 Å². The molecule has 1 fully saturated rings. The van der Waals surface area contributed by atoms with Gasteiger partial charge in [-0.05, 0) is 32.0 Å². The first-order chi connectivity index (χ1) is 12.4. The van der Waals surface area contributed by atoms with Crippen molar-refractivity contribution in [3.05, 3.63) is 57.4 Å². The van der Waals surface area contributed by atoms with E-state index in [0.717, 1.165) is 48.8 Å². The van der Waals surface area contributed by atoms with Crippen LogP contribution in [-0.2, 0) is 7.05 Å². The van der Waals surface area contributed by atoms with Crippen molar-refractivity contribution < 1.29 is 9.72 Å². The number of nitrogens with zero attached hydrogens (tertiary/aromatic N) is 4. The minimum absolute atomic E-state index is 0.103. The Hall–Kier alpha value is -2.67. The molecule has 7 heteroatoms. The molecule has 7 nitrogen and oxygen atoms in total. The molecule has 2 aromatic rings. The second-order valence-corrected chi connectivity index (χ2v) is 6.80. The van der Waals surface area contributed by atoms with Gasteiger partial charge in [-0.2, -0.15) is 0 Å². The summed E-state index contributed by atoms with van der Waals surface area (Å²) in [5, 5.41) is 10.7. The SMILES string of the molecule is Cc1cc(C(=O)CN2CCN(c3ccc([N+](=O)[O-])cc3)CC2)c(C)n1C. The van der Waals surface area contributed by atoms with Gasteiger partial charge in [-0.15, -0.1) is 0 Å². The highest BCUT2D eigenvalue weighted by Gasteiger charge is 2.22. The van der Waals surface area contributed by atoms with Gasteiger partial charge in [0.2, 0.25) is 0 Å². The van der Waals surface area contributed by atoms with Crippen LogP contribution in [0.4, 0.5) is 11.4 Å². The molecule has 138 valence electrons. The van der Waals surface area contributed by atoms with Gasteiger partial charge in [0.05, 0.1) is 11.5 Å². The number of carbonyl (C=O) groups is 1. The molecule has 0 unspecified atom stereocenters. The number of hydrogen-bond donors (Lipinski definition) is 0. The summed E-state index contributed by atoms with van der Waals surface area (Å²) in [6, 6.07) is 8.60. The zero-order valence-corrected chi connectivity index (χ0v) is 15.4. The molecule has 0 amide bonds. The second-order valence-electron chi connectivity index (χ2n) is 6.80. The van der Waals surface area contributed by atoms with Crippen LogP contribution < -0.4 is 4.90 Å². The average Bonchev–Trinajstić information content (AvgIpc) is 2.90. The van der Waals surface area contributed by atoms with Crippen molar-refractivity contribution in [2.75, 3.05) is 37.6 Å². The Bertz CT molecular complexity index is 818. The summed E-state index contributed by atoms with van der Waals surface area (Å²) in [4.78, 5) is 27.4. The predicted octanol–water partition coefficient (Wildman–Crippen LogP) is 2.56. The molecule has 1 aliphatic rings. The molecule has 1 aromatic heterocycles. The number of carbonyl (C=O) groups excluding carboxylic acids is 1. The number of ketones is 1. The van der Waals surface area contributed by atoms with Crippen molar-refractivity contribution in [2.24, 2.45) is 7.05 Å². The first kappa shape index (κ1) is 18.1. The minimum atomic E-state index is -0.388. The fourth-order valence-corrected chi connectivity index (χ4v) is 3.38. The van der Waals surface area contributed by atoms with Crippen molar-refractivity contribution in [1.29, 1.82) is 0 Å². The number of aromatic nitrogens is 1. The Balaban J connectivity index is 1.57. The molecule has 1 aromatic carbocycles. The van der Waals surface area contributed by atoms with Gasteiger partial charge < -0.3 is 9.47 Å². The molecule has 0 N–H and O–H groups in total. The monoisotopic (exact) mass is 356 g/mol. The highest BCUT2D eigenvalue weighted by atomic mass is 16.6. The zero-order valence-electron chi connectivity index (χ0n) is 15.4. The molecule has 26 heavy (non-hydrogen) atoms. The van der Waals surface area contributed by atoms with E-state index in [2.05, 4.69) is 9.80 Å². The number of anilines is 1. The molecule has 1 aliphatic heterocycles. The van der Waals surface area contributed by atoms with Gasteiger partial charge in [-0.1, -0.05) is 0 Å². The molecule has 0 spiro atoms. The van der Waals surface area contributed by atoms with Crippen molar-refractivity contribution in [2.45, 2.75) is 13.8 Å². The van der Waals surface area contributed by atoms with E-state index in [4.69, 9.17) is 0 Å². The van der Waals surface area contributed by atoms with Gasteiger partial charge in [-0.25, -0.2) is 0 Å². The lowest BCUT2D eigenvalue weighted by molar-refractivity contribution is -0.384. The normalized spacial score (nSPS) is 15.3. The van der Waals surface area contributed by atoms with Gasteiger partial charge >= 0.3 is 0 Å². The van der Waals surface area contributed by atoms with Gasteiger partial charge in [0, 0.05) is 68.0 Å². The summed E-state index contributed by atoms with van der Waals surface area (Å²) in [7, 11) is 1.98. The molecule has 0 aliphatic carbocycles. The molecule has 2 heterocycles. The minimum Gasteiger partial charge on any atom is -0.369 e. The Morgan fingerprint density at radius 3 is 2.23 bits per heavy atom. The Morgan fingerprint density at radius 1 is 1.12 bits per heavy atom. The van der Waals surface area contributed by atoms with Crippen molar-refractivity contribution in [3.63, 3.8) is 0 Å². The van der Waals surface area contributed by atoms with Crippen LogP contribution in [0.2, 0.25) is 0 Å². The van der Waals surface area contributed by atoms with E-state index < -0.39 is 0 Å². The van der Waals surface area contributed by atoms with Gasteiger partial charge in [0.25, 0.3) is 5.69 Å². The van der Waals surface area contributed by atoms with E-state index in [-0.39, 0.29) is 16.4 Å². The number of piperazine rings is 1. The van der Waals surface area contributed by atoms with E-state index in [9.17, 15) is 14.9 Å². The average molecular weight is 356 g/mol. The summed E-state index contributed by atoms with van der Waals surface area (Å²) in [6.07, 6.45) is 0. The van der Waals surface area contributed by atoms with Gasteiger partial charge in [0.15, 0.2) is 5.78 Å².